The van der Waals surface area contributed by atoms with Crippen molar-refractivity contribution in [1.29, 1.82) is 0 Å². The highest BCUT2D eigenvalue weighted by molar-refractivity contribution is 6.30. The molecule has 2 N–H and O–H groups in total. The molecule has 1 rings (SSSR count). The molecule has 0 aliphatic rings. The predicted molar refractivity (Wildman–Crippen MR) is 60.3 cm³/mol. The normalized spacial score (nSPS) is 11.9. The minimum Gasteiger partial charge on any atom is -0.481 e. The average molecular weight is 242 g/mol. The third-order valence-corrected chi connectivity index (χ3v) is 2.28. The van der Waals surface area contributed by atoms with Gasteiger partial charge in [-0.15, -0.1) is 0 Å². The number of nitrogens with one attached hydrogen (secondary N) is 1. The Morgan fingerprint density at radius 3 is 2.38 bits per heavy atom. The fourth-order valence-corrected chi connectivity index (χ4v) is 1.49. The zero-order valence-corrected chi connectivity index (χ0v) is 9.49. The van der Waals surface area contributed by atoms with Crippen LogP contribution in [0.1, 0.15) is 24.9 Å². The van der Waals surface area contributed by atoms with Crippen LogP contribution in [0.5, 0.6) is 0 Å². The standard InChI is InChI=1S/C11H12ClNO3/c1-7(14)13-10(6-11(15)16)8-2-4-9(12)5-3-8/h2-5,10H,6H2,1H3,(H,13,14)(H,15,16)/t10-/m1/s1. The molecule has 86 valence electrons. The van der Waals surface area contributed by atoms with Gasteiger partial charge in [0, 0.05) is 11.9 Å². The van der Waals surface area contributed by atoms with E-state index in [1.807, 2.05) is 0 Å². The van der Waals surface area contributed by atoms with E-state index in [1.54, 1.807) is 24.3 Å². The monoisotopic (exact) mass is 241 g/mol. The first-order chi connectivity index (χ1) is 7.49. The van der Waals surface area contributed by atoms with Crippen LogP contribution >= 0.6 is 11.6 Å². The number of aliphatic carboxylic acids is 1. The molecular weight excluding hydrogens is 230 g/mol. The second kappa shape index (κ2) is 5.51. The number of benzene rings is 1. The van der Waals surface area contributed by atoms with Crippen LogP contribution in [0.4, 0.5) is 0 Å². The van der Waals surface area contributed by atoms with E-state index in [-0.39, 0.29) is 12.3 Å². The summed E-state index contributed by atoms with van der Waals surface area (Å²) in [5.74, 6) is -1.23. The Kier molecular flexibility index (Phi) is 4.31. The van der Waals surface area contributed by atoms with Gasteiger partial charge in [0.2, 0.25) is 5.91 Å². The summed E-state index contributed by atoms with van der Waals surface area (Å²) < 4.78 is 0. The van der Waals surface area contributed by atoms with Gasteiger partial charge in [0.15, 0.2) is 0 Å². The van der Waals surface area contributed by atoms with Gasteiger partial charge in [-0.25, -0.2) is 0 Å². The molecule has 1 aromatic rings. The first-order valence-corrected chi connectivity index (χ1v) is 5.11. The number of halogens is 1. The Morgan fingerprint density at radius 1 is 1.38 bits per heavy atom. The number of carbonyl (C=O) groups is 2. The van der Waals surface area contributed by atoms with Crippen LogP contribution in [0.2, 0.25) is 5.02 Å². The zero-order valence-electron chi connectivity index (χ0n) is 8.74. The maximum atomic E-state index is 10.9. The van der Waals surface area contributed by atoms with E-state index in [1.165, 1.54) is 6.92 Å². The van der Waals surface area contributed by atoms with Gasteiger partial charge in [0.05, 0.1) is 12.5 Å². The minimum atomic E-state index is -0.964. The van der Waals surface area contributed by atoms with Gasteiger partial charge in [-0.3, -0.25) is 9.59 Å². The van der Waals surface area contributed by atoms with Crippen LogP contribution in [-0.4, -0.2) is 17.0 Å². The van der Waals surface area contributed by atoms with Crippen molar-refractivity contribution in [2.45, 2.75) is 19.4 Å². The van der Waals surface area contributed by atoms with E-state index < -0.39 is 12.0 Å². The topological polar surface area (TPSA) is 66.4 Å². The van der Waals surface area contributed by atoms with Crippen LogP contribution in [-0.2, 0) is 9.59 Å². The fraction of sp³-hybridized carbons (Fsp3) is 0.273. The van der Waals surface area contributed by atoms with Crippen molar-refractivity contribution < 1.29 is 14.7 Å². The summed E-state index contributed by atoms with van der Waals surface area (Å²) in [5.41, 5.74) is 0.724. The molecule has 16 heavy (non-hydrogen) atoms. The Labute approximate surface area is 98.2 Å². The number of hydrogen-bond donors (Lipinski definition) is 2. The van der Waals surface area contributed by atoms with Crippen molar-refractivity contribution in [2.75, 3.05) is 0 Å². The lowest BCUT2D eigenvalue weighted by Gasteiger charge is -2.16. The van der Waals surface area contributed by atoms with E-state index in [4.69, 9.17) is 16.7 Å². The summed E-state index contributed by atoms with van der Waals surface area (Å²) in [4.78, 5) is 21.6. The lowest BCUT2D eigenvalue weighted by Crippen LogP contribution is -2.27. The second-order valence-corrected chi connectivity index (χ2v) is 3.84. The molecule has 4 nitrogen and oxygen atoms in total. The highest BCUT2D eigenvalue weighted by Gasteiger charge is 2.16. The van der Waals surface area contributed by atoms with Crippen LogP contribution in [0.15, 0.2) is 24.3 Å². The highest BCUT2D eigenvalue weighted by Crippen LogP contribution is 2.19. The number of rotatable bonds is 4. The van der Waals surface area contributed by atoms with E-state index in [0.29, 0.717) is 5.02 Å². The molecule has 1 atom stereocenters. The zero-order chi connectivity index (χ0) is 12.1. The fourth-order valence-electron chi connectivity index (χ4n) is 1.37. The lowest BCUT2D eigenvalue weighted by molar-refractivity contribution is -0.137. The molecule has 0 saturated heterocycles. The number of carbonyl (C=O) groups excluding carboxylic acids is 1. The van der Waals surface area contributed by atoms with Gasteiger partial charge in [-0.1, -0.05) is 23.7 Å². The van der Waals surface area contributed by atoms with E-state index in [2.05, 4.69) is 5.32 Å². The summed E-state index contributed by atoms with van der Waals surface area (Å²) in [6.45, 7) is 1.35. The maximum Gasteiger partial charge on any atom is 0.305 e. The molecular formula is C11H12ClNO3. The SMILES string of the molecule is CC(=O)N[C@H](CC(=O)O)c1ccc(Cl)cc1. The Bertz CT molecular complexity index is 373. The molecule has 0 spiro atoms. The van der Waals surface area contributed by atoms with Crippen molar-refractivity contribution in [3.63, 3.8) is 0 Å². The number of amides is 1. The van der Waals surface area contributed by atoms with Crippen molar-refractivity contribution >= 4 is 23.5 Å². The molecule has 0 saturated carbocycles. The van der Waals surface area contributed by atoms with Gasteiger partial charge >= 0.3 is 5.97 Å². The third-order valence-electron chi connectivity index (χ3n) is 2.03. The highest BCUT2D eigenvalue weighted by atomic mass is 35.5. The molecule has 0 aromatic heterocycles. The van der Waals surface area contributed by atoms with Crippen molar-refractivity contribution in [1.82, 2.24) is 5.32 Å². The number of carboxylic acids is 1. The Balaban J connectivity index is 2.86. The maximum absolute atomic E-state index is 10.9. The van der Waals surface area contributed by atoms with Crippen LogP contribution < -0.4 is 5.32 Å². The Morgan fingerprint density at radius 2 is 1.94 bits per heavy atom. The lowest BCUT2D eigenvalue weighted by atomic mass is 10.0. The summed E-state index contributed by atoms with van der Waals surface area (Å²) in [6.07, 6.45) is -0.152. The summed E-state index contributed by atoms with van der Waals surface area (Å²) in [5, 5.41) is 11.9. The van der Waals surface area contributed by atoms with Gasteiger partial charge in [-0.2, -0.15) is 0 Å². The molecule has 1 aromatic carbocycles. The van der Waals surface area contributed by atoms with Crippen LogP contribution in [0, 0.1) is 0 Å². The Hall–Kier alpha value is -1.55. The third kappa shape index (κ3) is 3.90. The molecule has 0 bridgehead atoms. The van der Waals surface area contributed by atoms with Crippen molar-refractivity contribution in [3.8, 4) is 0 Å². The molecule has 0 heterocycles. The van der Waals surface area contributed by atoms with Crippen LogP contribution in [0.3, 0.4) is 0 Å². The molecule has 0 fully saturated rings. The minimum absolute atomic E-state index is 0.152. The molecule has 0 aliphatic heterocycles. The first-order valence-electron chi connectivity index (χ1n) is 4.73. The van der Waals surface area contributed by atoms with Crippen molar-refractivity contribution in [2.24, 2.45) is 0 Å². The number of carboxylic acid groups (broad SMARTS) is 1. The van der Waals surface area contributed by atoms with Gasteiger partial charge < -0.3 is 10.4 Å². The quantitative estimate of drug-likeness (QED) is 0.847. The molecule has 0 radical (unpaired) electrons. The smallest absolute Gasteiger partial charge is 0.305 e. The molecule has 1 amide bonds. The first kappa shape index (κ1) is 12.5. The molecule has 0 aliphatic carbocycles. The van der Waals surface area contributed by atoms with Gasteiger partial charge in [-0.05, 0) is 17.7 Å². The largest absolute Gasteiger partial charge is 0.481 e. The van der Waals surface area contributed by atoms with E-state index in [0.717, 1.165) is 5.56 Å². The van der Waals surface area contributed by atoms with E-state index in [9.17, 15) is 9.59 Å². The second-order valence-electron chi connectivity index (χ2n) is 3.40. The molecule has 5 heteroatoms. The predicted octanol–water partition coefficient (Wildman–Crippen LogP) is 1.99. The van der Waals surface area contributed by atoms with Gasteiger partial charge in [0.1, 0.15) is 0 Å². The van der Waals surface area contributed by atoms with Crippen molar-refractivity contribution in [3.05, 3.63) is 34.9 Å². The van der Waals surface area contributed by atoms with E-state index >= 15 is 0 Å². The van der Waals surface area contributed by atoms with Gasteiger partial charge in [0.25, 0.3) is 0 Å². The van der Waals surface area contributed by atoms with Crippen LogP contribution in [0.25, 0.3) is 0 Å². The average Bonchev–Trinajstić information content (AvgIpc) is 2.16. The molecule has 0 unspecified atom stereocenters. The summed E-state index contributed by atoms with van der Waals surface area (Å²) in [7, 11) is 0. The summed E-state index contributed by atoms with van der Waals surface area (Å²) >= 11 is 5.72. The summed E-state index contributed by atoms with van der Waals surface area (Å²) in [6, 6.07) is 6.20. The number of hydrogen-bond acceptors (Lipinski definition) is 2.